The van der Waals surface area contributed by atoms with Crippen molar-refractivity contribution in [3.63, 3.8) is 0 Å². The van der Waals surface area contributed by atoms with Crippen LogP contribution in [-0.2, 0) is 4.74 Å². The van der Waals surface area contributed by atoms with Gasteiger partial charge in [0.15, 0.2) is 0 Å². The molecule has 19 heavy (non-hydrogen) atoms. The first-order valence-corrected chi connectivity index (χ1v) is 6.34. The fourth-order valence-corrected chi connectivity index (χ4v) is 2.30. The maximum atomic E-state index is 10.5. The number of aromatic nitrogens is 4. The predicted molar refractivity (Wildman–Crippen MR) is 69.0 cm³/mol. The lowest BCUT2D eigenvalue weighted by molar-refractivity contribution is -0.0176. The van der Waals surface area contributed by atoms with Gasteiger partial charge in [0.1, 0.15) is 17.7 Å². The van der Waals surface area contributed by atoms with Crippen molar-refractivity contribution in [1.82, 2.24) is 19.6 Å². The highest BCUT2D eigenvalue weighted by molar-refractivity contribution is 5.45. The number of hydrogen-bond donors (Lipinski definition) is 2. The van der Waals surface area contributed by atoms with E-state index in [0.29, 0.717) is 25.4 Å². The van der Waals surface area contributed by atoms with Crippen molar-refractivity contribution < 1.29 is 9.84 Å². The first-order valence-electron chi connectivity index (χ1n) is 6.34. The van der Waals surface area contributed by atoms with E-state index in [4.69, 9.17) is 4.74 Å². The zero-order valence-corrected chi connectivity index (χ0v) is 11.0. The van der Waals surface area contributed by atoms with Crippen LogP contribution in [0, 0.1) is 6.92 Å². The Morgan fingerprint density at radius 2 is 2.47 bits per heavy atom. The molecule has 1 saturated heterocycles. The quantitative estimate of drug-likeness (QED) is 0.833. The first-order chi connectivity index (χ1) is 9.08. The molecule has 1 fully saturated rings. The molecule has 2 aromatic rings. The van der Waals surface area contributed by atoms with Gasteiger partial charge in [0.05, 0.1) is 6.10 Å². The van der Waals surface area contributed by atoms with Gasteiger partial charge < -0.3 is 15.2 Å². The second-order valence-corrected chi connectivity index (χ2v) is 4.97. The van der Waals surface area contributed by atoms with Crippen LogP contribution in [-0.4, -0.2) is 49.5 Å². The molecule has 1 aliphatic heterocycles. The Bertz CT molecular complexity index is 599. The summed E-state index contributed by atoms with van der Waals surface area (Å²) in [6, 6.07) is 1.88. The Morgan fingerprint density at radius 1 is 1.63 bits per heavy atom. The van der Waals surface area contributed by atoms with Gasteiger partial charge in [0, 0.05) is 31.3 Å². The molecule has 0 aromatic carbocycles. The maximum absolute atomic E-state index is 10.5. The summed E-state index contributed by atoms with van der Waals surface area (Å²) >= 11 is 0. The van der Waals surface area contributed by atoms with Crippen molar-refractivity contribution in [2.45, 2.75) is 32.0 Å². The lowest BCUT2D eigenvalue weighted by atomic mass is 9.97. The van der Waals surface area contributed by atoms with Crippen molar-refractivity contribution in [2.75, 3.05) is 18.5 Å². The summed E-state index contributed by atoms with van der Waals surface area (Å²) < 4.78 is 7.04. The molecular weight excluding hydrogens is 246 g/mol. The van der Waals surface area contributed by atoms with Gasteiger partial charge in [-0.25, -0.2) is 4.98 Å². The number of anilines is 1. The van der Waals surface area contributed by atoms with Crippen molar-refractivity contribution in [3.8, 4) is 0 Å². The Morgan fingerprint density at radius 3 is 3.21 bits per heavy atom. The number of nitrogens with zero attached hydrogens (tertiary/aromatic N) is 4. The first kappa shape index (κ1) is 12.3. The van der Waals surface area contributed by atoms with Gasteiger partial charge in [0.2, 0.25) is 0 Å². The smallest absolute Gasteiger partial charge is 0.254 e. The summed E-state index contributed by atoms with van der Waals surface area (Å²) in [5.41, 5.74) is 0.00933. The monoisotopic (exact) mass is 263 g/mol. The average molecular weight is 263 g/mol. The van der Waals surface area contributed by atoms with E-state index in [0.717, 1.165) is 11.5 Å². The third-order valence-electron chi connectivity index (χ3n) is 3.62. The number of fused-ring (bicyclic) bond motifs is 1. The van der Waals surface area contributed by atoms with Gasteiger partial charge in [-0.15, -0.1) is 0 Å². The van der Waals surface area contributed by atoms with E-state index in [-0.39, 0.29) is 6.10 Å². The van der Waals surface area contributed by atoms with E-state index in [2.05, 4.69) is 20.4 Å². The Hall–Kier alpha value is -1.73. The molecule has 0 aliphatic carbocycles. The molecule has 2 unspecified atom stereocenters. The molecule has 1 aliphatic rings. The van der Waals surface area contributed by atoms with Gasteiger partial charge >= 0.3 is 0 Å². The van der Waals surface area contributed by atoms with E-state index in [1.165, 1.54) is 6.33 Å². The number of aryl methyl sites for hydroxylation is 1. The summed E-state index contributed by atoms with van der Waals surface area (Å²) in [4.78, 5) is 8.34. The molecule has 3 heterocycles. The summed E-state index contributed by atoms with van der Waals surface area (Å²) in [7, 11) is 0. The lowest BCUT2D eigenvalue weighted by Gasteiger charge is -2.26. The second-order valence-electron chi connectivity index (χ2n) is 4.97. The molecule has 3 rings (SSSR count). The van der Waals surface area contributed by atoms with Crippen LogP contribution >= 0.6 is 0 Å². The topological polar surface area (TPSA) is 84.6 Å². The van der Waals surface area contributed by atoms with Crippen LogP contribution in [0.5, 0.6) is 0 Å². The normalized spacial score (nSPS) is 27.0. The maximum Gasteiger partial charge on any atom is 0.254 e. The third kappa shape index (κ3) is 2.15. The molecule has 7 heteroatoms. The van der Waals surface area contributed by atoms with Gasteiger partial charge in [-0.05, 0) is 13.8 Å². The molecule has 102 valence electrons. The SMILES string of the molecule is Cc1cc(NCC2(O)CCOC2C)n2ncnc2n1. The van der Waals surface area contributed by atoms with Crippen LogP contribution in [0.4, 0.5) is 5.82 Å². The second kappa shape index (κ2) is 4.43. The van der Waals surface area contributed by atoms with Crippen LogP contribution in [0.15, 0.2) is 12.4 Å². The van der Waals surface area contributed by atoms with Gasteiger partial charge in [-0.2, -0.15) is 14.6 Å². The van der Waals surface area contributed by atoms with Gasteiger partial charge in [0.25, 0.3) is 5.78 Å². The number of nitrogens with one attached hydrogen (secondary N) is 1. The number of rotatable bonds is 3. The van der Waals surface area contributed by atoms with Crippen LogP contribution in [0.2, 0.25) is 0 Å². The molecule has 7 nitrogen and oxygen atoms in total. The van der Waals surface area contributed by atoms with E-state index in [9.17, 15) is 5.11 Å². The van der Waals surface area contributed by atoms with E-state index < -0.39 is 5.60 Å². The minimum Gasteiger partial charge on any atom is -0.385 e. The van der Waals surface area contributed by atoms with E-state index in [1.807, 2.05) is 19.9 Å². The fraction of sp³-hybridized carbons (Fsp3) is 0.583. The molecule has 0 spiro atoms. The molecule has 2 N–H and O–H groups in total. The van der Waals surface area contributed by atoms with Gasteiger partial charge in [-0.3, -0.25) is 0 Å². The Kier molecular flexibility index (Phi) is 2.87. The summed E-state index contributed by atoms with van der Waals surface area (Å²) in [6.07, 6.45) is 1.92. The summed E-state index contributed by atoms with van der Waals surface area (Å²) in [6.45, 7) is 4.79. The zero-order chi connectivity index (χ0) is 13.5. The number of ether oxygens (including phenoxy) is 1. The van der Waals surface area contributed by atoms with Crippen molar-refractivity contribution in [3.05, 3.63) is 18.1 Å². The minimum atomic E-state index is -0.843. The highest BCUT2D eigenvalue weighted by atomic mass is 16.5. The number of aliphatic hydroxyl groups is 1. The standard InChI is InChI=1S/C12H17N5O2/c1-8-5-10(17-11(16-8)14-7-15-17)13-6-12(18)3-4-19-9(12)2/h5,7,9,13,18H,3-4,6H2,1-2H3. The molecule has 2 atom stereocenters. The molecule has 0 radical (unpaired) electrons. The van der Waals surface area contributed by atoms with Crippen LogP contribution < -0.4 is 5.32 Å². The molecule has 0 amide bonds. The van der Waals surface area contributed by atoms with E-state index in [1.54, 1.807) is 4.52 Å². The Labute approximate surface area is 110 Å². The highest BCUT2D eigenvalue weighted by Crippen LogP contribution is 2.26. The Balaban J connectivity index is 1.83. The van der Waals surface area contributed by atoms with Crippen LogP contribution in [0.3, 0.4) is 0 Å². The molecule has 0 saturated carbocycles. The van der Waals surface area contributed by atoms with E-state index >= 15 is 0 Å². The largest absolute Gasteiger partial charge is 0.385 e. The molecule has 2 aromatic heterocycles. The van der Waals surface area contributed by atoms with Crippen LogP contribution in [0.25, 0.3) is 5.78 Å². The fourth-order valence-electron chi connectivity index (χ4n) is 2.30. The zero-order valence-electron chi connectivity index (χ0n) is 11.0. The van der Waals surface area contributed by atoms with Crippen LogP contribution in [0.1, 0.15) is 19.0 Å². The molecule has 0 bridgehead atoms. The summed E-state index contributed by atoms with van der Waals surface area (Å²) in [5.74, 6) is 1.32. The highest BCUT2D eigenvalue weighted by Gasteiger charge is 2.39. The predicted octanol–water partition coefficient (Wildman–Crippen LogP) is 0.385. The average Bonchev–Trinajstić information content (AvgIpc) is 2.95. The molecular formula is C12H17N5O2. The van der Waals surface area contributed by atoms with Gasteiger partial charge in [-0.1, -0.05) is 0 Å². The summed E-state index contributed by atoms with van der Waals surface area (Å²) in [5, 5.41) is 17.8. The third-order valence-corrected chi connectivity index (χ3v) is 3.62. The lowest BCUT2D eigenvalue weighted by Crippen LogP contribution is -2.43. The number of hydrogen-bond acceptors (Lipinski definition) is 6. The van der Waals surface area contributed by atoms with Crippen molar-refractivity contribution in [2.24, 2.45) is 0 Å². The van der Waals surface area contributed by atoms with Crippen molar-refractivity contribution >= 4 is 11.6 Å². The minimum absolute atomic E-state index is 0.172. The van der Waals surface area contributed by atoms with Crippen molar-refractivity contribution in [1.29, 1.82) is 0 Å².